The van der Waals surface area contributed by atoms with Gasteiger partial charge in [-0.05, 0) is 55.2 Å². The summed E-state index contributed by atoms with van der Waals surface area (Å²) < 4.78 is 11.3. The highest BCUT2D eigenvalue weighted by atomic mass is 16.5. The molecule has 5 nitrogen and oxygen atoms in total. The number of carbonyl (C=O) groups is 1. The van der Waals surface area contributed by atoms with Crippen LogP contribution in [-0.4, -0.2) is 18.6 Å². The monoisotopic (exact) mass is 366 g/mol. The Morgan fingerprint density at radius 1 is 1.22 bits per heavy atom. The zero-order valence-electron chi connectivity index (χ0n) is 16.5. The Bertz CT molecular complexity index is 847. The van der Waals surface area contributed by atoms with E-state index < -0.39 is 6.10 Å². The molecule has 2 aromatic carbocycles. The first-order valence-electron chi connectivity index (χ1n) is 8.99. The molecule has 142 valence electrons. The molecule has 1 N–H and O–H groups in total. The molecule has 0 aromatic heterocycles. The molecule has 5 heteroatoms. The summed E-state index contributed by atoms with van der Waals surface area (Å²) >= 11 is 0. The molecule has 2 rings (SSSR count). The summed E-state index contributed by atoms with van der Waals surface area (Å²) in [6, 6.07) is 14.7. The average molecular weight is 366 g/mol. The minimum Gasteiger partial charge on any atom is -0.492 e. The maximum absolute atomic E-state index is 12.6. The van der Waals surface area contributed by atoms with Crippen LogP contribution in [0.4, 0.5) is 5.69 Å². The normalized spacial score (nSPS) is 12.0. The van der Waals surface area contributed by atoms with Crippen LogP contribution in [0.1, 0.15) is 45.7 Å². The van der Waals surface area contributed by atoms with Gasteiger partial charge in [0.15, 0.2) is 6.10 Å². The van der Waals surface area contributed by atoms with E-state index in [9.17, 15) is 4.79 Å². The minimum atomic E-state index is -0.708. The summed E-state index contributed by atoms with van der Waals surface area (Å²) in [6.45, 7) is 10.4. The number of carbonyl (C=O) groups excluding carboxylic acids is 1. The third-order valence-corrected chi connectivity index (χ3v) is 4.05. The van der Waals surface area contributed by atoms with Crippen LogP contribution < -0.4 is 14.8 Å². The van der Waals surface area contributed by atoms with E-state index in [1.807, 2.05) is 31.2 Å². The van der Waals surface area contributed by atoms with Gasteiger partial charge < -0.3 is 14.8 Å². The van der Waals surface area contributed by atoms with E-state index in [-0.39, 0.29) is 11.3 Å². The number of rotatable bonds is 6. The predicted molar refractivity (Wildman–Crippen MR) is 106 cm³/mol. The molecule has 0 fully saturated rings. The first-order valence-corrected chi connectivity index (χ1v) is 8.99. The molecule has 2 aromatic rings. The molecular formula is C22H26N2O3. The van der Waals surface area contributed by atoms with Crippen LogP contribution in [0.2, 0.25) is 0 Å². The van der Waals surface area contributed by atoms with Crippen molar-refractivity contribution in [3.05, 3.63) is 53.6 Å². The molecule has 1 amide bonds. The molecular weight excluding hydrogens is 340 g/mol. The number of hydrogen-bond acceptors (Lipinski definition) is 4. The van der Waals surface area contributed by atoms with Crippen molar-refractivity contribution in [1.29, 1.82) is 5.26 Å². The predicted octanol–water partition coefficient (Wildman–Crippen LogP) is 4.66. The summed E-state index contributed by atoms with van der Waals surface area (Å²) in [7, 11) is 0. The Morgan fingerprint density at radius 2 is 1.96 bits per heavy atom. The summed E-state index contributed by atoms with van der Waals surface area (Å²) in [5, 5.41) is 11.9. The lowest BCUT2D eigenvalue weighted by Gasteiger charge is -2.21. The van der Waals surface area contributed by atoms with Gasteiger partial charge in [0.1, 0.15) is 11.5 Å². The molecule has 1 unspecified atom stereocenters. The fraction of sp³-hybridized carbons (Fsp3) is 0.364. The number of nitrogens with zero attached hydrogens (tertiary/aromatic N) is 1. The highest BCUT2D eigenvalue weighted by molar-refractivity contribution is 5.95. The van der Waals surface area contributed by atoms with Crippen LogP contribution in [0.25, 0.3) is 0 Å². The van der Waals surface area contributed by atoms with Crippen molar-refractivity contribution in [1.82, 2.24) is 0 Å². The summed E-state index contributed by atoms with van der Waals surface area (Å²) in [5.74, 6) is 0.847. The topological polar surface area (TPSA) is 71.3 Å². The lowest BCUT2D eigenvalue weighted by atomic mass is 9.87. The van der Waals surface area contributed by atoms with Crippen molar-refractivity contribution in [3.8, 4) is 17.6 Å². The van der Waals surface area contributed by atoms with Gasteiger partial charge in [0.2, 0.25) is 0 Å². The number of amides is 1. The van der Waals surface area contributed by atoms with Crippen LogP contribution in [0.3, 0.4) is 0 Å². The minimum absolute atomic E-state index is 0.00497. The lowest BCUT2D eigenvalue weighted by Crippen LogP contribution is -2.30. The van der Waals surface area contributed by atoms with Crippen molar-refractivity contribution in [2.45, 2.75) is 46.1 Å². The molecule has 0 saturated carbocycles. The van der Waals surface area contributed by atoms with Gasteiger partial charge in [-0.15, -0.1) is 0 Å². The van der Waals surface area contributed by atoms with E-state index in [1.165, 1.54) is 0 Å². The van der Waals surface area contributed by atoms with Crippen molar-refractivity contribution in [2.24, 2.45) is 0 Å². The Labute approximate surface area is 160 Å². The van der Waals surface area contributed by atoms with E-state index >= 15 is 0 Å². The second-order valence-electron chi connectivity index (χ2n) is 7.28. The Kier molecular flexibility index (Phi) is 6.46. The highest BCUT2D eigenvalue weighted by Gasteiger charge is 2.19. The Morgan fingerprint density at radius 3 is 2.59 bits per heavy atom. The van der Waals surface area contributed by atoms with Crippen LogP contribution in [0, 0.1) is 11.3 Å². The first kappa shape index (κ1) is 20.3. The van der Waals surface area contributed by atoms with Crippen molar-refractivity contribution in [2.75, 3.05) is 11.9 Å². The fourth-order valence-corrected chi connectivity index (χ4v) is 2.51. The second kappa shape index (κ2) is 8.59. The van der Waals surface area contributed by atoms with Crippen LogP contribution in [-0.2, 0) is 10.2 Å². The molecule has 0 heterocycles. The Balaban J connectivity index is 2.14. The summed E-state index contributed by atoms with van der Waals surface area (Å²) in [4.78, 5) is 12.6. The number of nitriles is 1. The van der Waals surface area contributed by atoms with E-state index in [2.05, 4.69) is 32.2 Å². The number of hydrogen-bond donors (Lipinski definition) is 1. The average Bonchev–Trinajstić information content (AvgIpc) is 2.62. The van der Waals surface area contributed by atoms with Crippen LogP contribution in [0.15, 0.2) is 42.5 Å². The number of anilines is 1. The van der Waals surface area contributed by atoms with Gasteiger partial charge >= 0.3 is 0 Å². The quantitative estimate of drug-likeness (QED) is 0.807. The number of benzene rings is 2. The number of nitrogens with one attached hydrogen (secondary N) is 1. The van der Waals surface area contributed by atoms with E-state index in [0.29, 0.717) is 29.4 Å². The Hall–Kier alpha value is -3.00. The van der Waals surface area contributed by atoms with Gasteiger partial charge in [0.05, 0.1) is 23.9 Å². The standard InChI is InChI=1S/C22H26N2O3/c1-6-26-20-11-10-16(14-23)12-19(20)24-21(25)15(2)27-18-9-7-8-17(13-18)22(3,4)5/h7-13,15H,6H2,1-5H3,(H,24,25). The van der Waals surface area contributed by atoms with Crippen LogP contribution >= 0.6 is 0 Å². The van der Waals surface area contributed by atoms with Gasteiger partial charge in [-0.2, -0.15) is 5.26 Å². The third-order valence-electron chi connectivity index (χ3n) is 4.05. The van der Waals surface area contributed by atoms with Gasteiger partial charge in [-0.25, -0.2) is 0 Å². The SMILES string of the molecule is CCOc1ccc(C#N)cc1NC(=O)C(C)Oc1cccc(C(C)(C)C)c1. The van der Waals surface area contributed by atoms with E-state index in [1.54, 1.807) is 25.1 Å². The van der Waals surface area contributed by atoms with Crippen molar-refractivity contribution < 1.29 is 14.3 Å². The highest BCUT2D eigenvalue weighted by Crippen LogP contribution is 2.28. The molecule has 0 aliphatic heterocycles. The third kappa shape index (κ3) is 5.49. The molecule has 0 saturated heterocycles. The van der Waals surface area contributed by atoms with Crippen molar-refractivity contribution >= 4 is 11.6 Å². The molecule has 27 heavy (non-hydrogen) atoms. The second-order valence-corrected chi connectivity index (χ2v) is 7.28. The smallest absolute Gasteiger partial charge is 0.265 e. The molecule has 0 aliphatic carbocycles. The zero-order chi connectivity index (χ0) is 20.0. The van der Waals surface area contributed by atoms with Gasteiger partial charge in [0.25, 0.3) is 5.91 Å². The van der Waals surface area contributed by atoms with Gasteiger partial charge in [0, 0.05) is 0 Å². The maximum Gasteiger partial charge on any atom is 0.265 e. The van der Waals surface area contributed by atoms with Gasteiger partial charge in [-0.1, -0.05) is 32.9 Å². The molecule has 0 bridgehead atoms. The number of ether oxygens (including phenoxy) is 2. The van der Waals surface area contributed by atoms with Crippen LogP contribution in [0.5, 0.6) is 11.5 Å². The molecule has 0 radical (unpaired) electrons. The summed E-state index contributed by atoms with van der Waals surface area (Å²) in [5.41, 5.74) is 2.03. The van der Waals surface area contributed by atoms with Gasteiger partial charge in [-0.3, -0.25) is 4.79 Å². The zero-order valence-corrected chi connectivity index (χ0v) is 16.5. The summed E-state index contributed by atoms with van der Waals surface area (Å²) in [6.07, 6.45) is -0.708. The van der Waals surface area contributed by atoms with E-state index in [0.717, 1.165) is 5.56 Å². The largest absolute Gasteiger partial charge is 0.492 e. The molecule has 1 atom stereocenters. The van der Waals surface area contributed by atoms with E-state index in [4.69, 9.17) is 14.7 Å². The first-order chi connectivity index (χ1) is 12.7. The maximum atomic E-state index is 12.6. The molecule has 0 aliphatic rings. The van der Waals surface area contributed by atoms with Crippen molar-refractivity contribution in [3.63, 3.8) is 0 Å². The lowest BCUT2D eigenvalue weighted by molar-refractivity contribution is -0.122. The fourth-order valence-electron chi connectivity index (χ4n) is 2.51. The molecule has 0 spiro atoms.